The van der Waals surface area contributed by atoms with Crippen molar-refractivity contribution < 1.29 is 4.74 Å². The summed E-state index contributed by atoms with van der Waals surface area (Å²) in [5, 5.41) is 3.95. The molecule has 0 saturated carbocycles. The summed E-state index contributed by atoms with van der Waals surface area (Å²) in [6.45, 7) is 8.59. The van der Waals surface area contributed by atoms with E-state index in [1.807, 2.05) is 58.2 Å². The molecule has 0 radical (unpaired) electrons. The van der Waals surface area contributed by atoms with Crippen LogP contribution in [0.5, 0.6) is 5.75 Å². The Morgan fingerprint density at radius 2 is 1.74 bits per heavy atom. The number of ether oxygens (including phenoxy) is 1. The predicted molar refractivity (Wildman–Crippen MR) is 101 cm³/mol. The smallest absolute Gasteiger partial charge is 0.189 e. The van der Waals surface area contributed by atoms with E-state index in [-0.39, 0.29) is 0 Å². The Labute approximate surface area is 144 Å². The van der Waals surface area contributed by atoms with Gasteiger partial charge in [0.1, 0.15) is 11.6 Å². The van der Waals surface area contributed by atoms with Crippen molar-refractivity contribution in [3.8, 4) is 5.75 Å². The SMILES string of the molecule is CC.CC.COc1ccc(NCc2cnc(SC)nc2N)cc1. The van der Waals surface area contributed by atoms with Crippen molar-refractivity contribution in [3.63, 3.8) is 0 Å². The van der Waals surface area contributed by atoms with Gasteiger partial charge in [0.05, 0.1) is 7.11 Å². The van der Waals surface area contributed by atoms with Gasteiger partial charge in [-0.2, -0.15) is 0 Å². The summed E-state index contributed by atoms with van der Waals surface area (Å²) in [6, 6.07) is 7.70. The molecule has 1 aromatic heterocycles. The van der Waals surface area contributed by atoms with Crippen LogP contribution in [0.15, 0.2) is 35.6 Å². The van der Waals surface area contributed by atoms with E-state index in [9.17, 15) is 0 Å². The van der Waals surface area contributed by atoms with Crippen molar-refractivity contribution >= 4 is 23.3 Å². The molecule has 2 rings (SSSR count). The zero-order valence-corrected chi connectivity index (χ0v) is 15.7. The van der Waals surface area contributed by atoms with Crippen LogP contribution < -0.4 is 15.8 Å². The van der Waals surface area contributed by atoms with E-state index in [1.54, 1.807) is 13.3 Å². The Bertz CT molecular complexity index is 547. The Hall–Kier alpha value is -1.95. The van der Waals surface area contributed by atoms with Crippen LogP contribution in [-0.2, 0) is 6.54 Å². The molecule has 0 atom stereocenters. The quantitative estimate of drug-likeness (QED) is 0.620. The van der Waals surface area contributed by atoms with E-state index in [4.69, 9.17) is 10.5 Å². The average Bonchev–Trinajstić information content (AvgIpc) is 2.64. The lowest BCUT2D eigenvalue weighted by molar-refractivity contribution is 0.415. The van der Waals surface area contributed by atoms with Crippen molar-refractivity contribution in [3.05, 3.63) is 36.0 Å². The summed E-state index contributed by atoms with van der Waals surface area (Å²) in [6.07, 6.45) is 3.68. The maximum Gasteiger partial charge on any atom is 0.189 e. The highest BCUT2D eigenvalue weighted by Gasteiger charge is 2.03. The zero-order chi connectivity index (χ0) is 17.7. The summed E-state index contributed by atoms with van der Waals surface area (Å²) in [5.41, 5.74) is 7.76. The molecule has 0 saturated heterocycles. The van der Waals surface area contributed by atoms with Crippen LogP contribution in [0, 0.1) is 0 Å². The molecule has 2 aromatic rings. The second-order valence-electron chi connectivity index (χ2n) is 3.85. The van der Waals surface area contributed by atoms with Gasteiger partial charge in [-0.15, -0.1) is 0 Å². The lowest BCUT2D eigenvalue weighted by Crippen LogP contribution is -2.06. The van der Waals surface area contributed by atoms with Gasteiger partial charge in [-0.05, 0) is 30.5 Å². The van der Waals surface area contributed by atoms with Gasteiger partial charge in [0.15, 0.2) is 5.16 Å². The number of nitrogens with one attached hydrogen (secondary N) is 1. The number of hydrogen-bond acceptors (Lipinski definition) is 6. The minimum atomic E-state index is 0.514. The number of methoxy groups -OCH3 is 1. The van der Waals surface area contributed by atoms with E-state index in [1.165, 1.54) is 11.8 Å². The Balaban J connectivity index is 0.00000112. The molecule has 0 spiro atoms. The fourth-order valence-electron chi connectivity index (χ4n) is 1.54. The average molecular weight is 337 g/mol. The summed E-state index contributed by atoms with van der Waals surface area (Å²) >= 11 is 1.47. The van der Waals surface area contributed by atoms with Crippen molar-refractivity contribution in [1.29, 1.82) is 0 Å². The lowest BCUT2D eigenvalue weighted by atomic mass is 10.2. The van der Waals surface area contributed by atoms with Crippen molar-refractivity contribution in [2.24, 2.45) is 0 Å². The van der Waals surface area contributed by atoms with E-state index in [0.717, 1.165) is 17.0 Å². The van der Waals surface area contributed by atoms with Crippen LogP contribution >= 0.6 is 11.8 Å². The third-order valence-electron chi connectivity index (χ3n) is 2.63. The maximum absolute atomic E-state index is 5.88. The van der Waals surface area contributed by atoms with Crippen LogP contribution in [0.1, 0.15) is 33.3 Å². The molecule has 1 heterocycles. The molecule has 5 nitrogen and oxygen atoms in total. The van der Waals surface area contributed by atoms with Gasteiger partial charge in [-0.3, -0.25) is 0 Å². The Morgan fingerprint density at radius 3 is 2.22 bits per heavy atom. The topological polar surface area (TPSA) is 73.1 Å². The molecule has 128 valence electrons. The van der Waals surface area contributed by atoms with Crippen molar-refractivity contribution in [2.45, 2.75) is 39.4 Å². The predicted octanol–water partition coefficient (Wildman–Crippen LogP) is 4.45. The molecule has 0 amide bonds. The van der Waals surface area contributed by atoms with Gasteiger partial charge in [-0.25, -0.2) is 9.97 Å². The molecule has 0 aliphatic carbocycles. The van der Waals surface area contributed by atoms with E-state index in [2.05, 4.69) is 15.3 Å². The number of nitrogen functional groups attached to an aromatic ring is 1. The van der Waals surface area contributed by atoms with Crippen LogP contribution in [0.4, 0.5) is 11.5 Å². The summed E-state index contributed by atoms with van der Waals surface area (Å²) in [5.74, 6) is 1.35. The lowest BCUT2D eigenvalue weighted by Gasteiger charge is -2.09. The molecule has 6 heteroatoms. The van der Waals surface area contributed by atoms with Gasteiger partial charge in [0.25, 0.3) is 0 Å². The van der Waals surface area contributed by atoms with E-state index in [0.29, 0.717) is 17.5 Å². The second-order valence-corrected chi connectivity index (χ2v) is 4.62. The molecular formula is C17H28N4OS. The largest absolute Gasteiger partial charge is 0.497 e. The highest BCUT2D eigenvalue weighted by Crippen LogP contribution is 2.18. The van der Waals surface area contributed by atoms with Crippen LogP contribution in [0.25, 0.3) is 0 Å². The molecule has 0 aliphatic rings. The first kappa shape index (κ1) is 21.0. The van der Waals surface area contributed by atoms with E-state index >= 15 is 0 Å². The van der Waals surface area contributed by atoms with Gasteiger partial charge in [0, 0.05) is 24.0 Å². The zero-order valence-electron chi connectivity index (χ0n) is 14.9. The first-order valence-corrected chi connectivity index (χ1v) is 8.98. The van der Waals surface area contributed by atoms with Gasteiger partial charge in [-0.1, -0.05) is 39.5 Å². The highest BCUT2D eigenvalue weighted by molar-refractivity contribution is 7.98. The number of nitrogens with two attached hydrogens (primary N) is 1. The molecule has 0 fully saturated rings. The molecule has 1 aromatic carbocycles. The number of rotatable bonds is 5. The first-order valence-electron chi connectivity index (χ1n) is 7.76. The maximum atomic E-state index is 5.88. The number of thioether (sulfide) groups is 1. The van der Waals surface area contributed by atoms with Crippen molar-refractivity contribution in [2.75, 3.05) is 24.4 Å². The van der Waals surface area contributed by atoms with Crippen molar-refractivity contribution in [1.82, 2.24) is 9.97 Å². The molecule has 3 N–H and O–H groups in total. The Morgan fingerprint density at radius 1 is 1.13 bits per heavy atom. The van der Waals surface area contributed by atoms with Gasteiger partial charge >= 0.3 is 0 Å². The first-order chi connectivity index (χ1) is 11.2. The molecular weight excluding hydrogens is 308 g/mol. The Kier molecular flexibility index (Phi) is 11.5. The summed E-state index contributed by atoms with van der Waals surface area (Å²) in [4.78, 5) is 8.41. The monoisotopic (exact) mass is 336 g/mol. The third kappa shape index (κ3) is 7.23. The normalized spacial score (nSPS) is 8.96. The minimum Gasteiger partial charge on any atom is -0.497 e. The fourth-order valence-corrected chi connectivity index (χ4v) is 1.89. The standard InChI is InChI=1S/C13H16N4OS.2C2H6/c1-18-11-5-3-10(4-6-11)15-7-9-8-16-13(19-2)17-12(9)14;2*1-2/h3-6,8,15H,7H2,1-2H3,(H2,14,16,17);2*1-2H3. The van der Waals surface area contributed by atoms with Crippen LogP contribution in [-0.4, -0.2) is 23.3 Å². The number of hydrogen-bond donors (Lipinski definition) is 2. The third-order valence-corrected chi connectivity index (χ3v) is 3.19. The summed E-state index contributed by atoms with van der Waals surface area (Å²) in [7, 11) is 1.65. The summed E-state index contributed by atoms with van der Waals surface area (Å²) < 4.78 is 5.11. The fraction of sp³-hybridized carbons (Fsp3) is 0.412. The number of aromatic nitrogens is 2. The van der Waals surface area contributed by atoms with Crippen LogP contribution in [0.3, 0.4) is 0 Å². The molecule has 0 unspecified atom stereocenters. The van der Waals surface area contributed by atoms with Crippen LogP contribution in [0.2, 0.25) is 0 Å². The molecule has 23 heavy (non-hydrogen) atoms. The molecule has 0 bridgehead atoms. The van der Waals surface area contributed by atoms with Gasteiger partial charge < -0.3 is 15.8 Å². The number of anilines is 2. The van der Waals surface area contributed by atoms with Gasteiger partial charge in [0.2, 0.25) is 0 Å². The van der Waals surface area contributed by atoms with E-state index < -0.39 is 0 Å². The number of benzene rings is 1. The molecule has 0 aliphatic heterocycles. The second kappa shape index (κ2) is 12.6. The minimum absolute atomic E-state index is 0.514. The number of nitrogens with zero attached hydrogens (tertiary/aromatic N) is 2. The highest BCUT2D eigenvalue weighted by atomic mass is 32.2.